The quantitative estimate of drug-likeness (QED) is 0.381. The molecule has 44 heavy (non-hydrogen) atoms. The molecule has 0 N–H and O–H groups in total. The van der Waals surface area contributed by atoms with Crippen LogP contribution in [0, 0.1) is 25.7 Å². The smallest absolute Gasteiger partial charge is 0.0624 e. The van der Waals surface area contributed by atoms with E-state index in [0.717, 1.165) is 0 Å². The zero-order valence-corrected chi connectivity index (χ0v) is 41.7. The number of hydrogen-bond acceptors (Lipinski definition) is 0. The molecule has 0 aliphatic heterocycles. The second-order valence-corrected chi connectivity index (χ2v) is 60.8. The van der Waals surface area contributed by atoms with E-state index in [1.165, 1.54) is 0 Å². The Hall–Kier alpha value is 1.13. The van der Waals surface area contributed by atoms with Gasteiger partial charge in [0.05, 0.1) is 45.3 Å². The second kappa shape index (κ2) is 29.1. The second-order valence-electron chi connectivity index (χ2n) is 13.8. The summed E-state index contributed by atoms with van der Waals surface area (Å²) in [7, 11) is -5.09. The van der Waals surface area contributed by atoms with Crippen molar-refractivity contribution in [3.8, 4) is 0 Å². The van der Waals surface area contributed by atoms with E-state index in [1.807, 2.05) is 123 Å². The summed E-state index contributed by atoms with van der Waals surface area (Å²) in [6.07, 6.45) is 40.0. The molecule has 4 aliphatic carbocycles. The van der Waals surface area contributed by atoms with Crippen LogP contribution in [-0.4, -0.2) is 55.9 Å². The minimum Gasteiger partial charge on any atom is -1.00 e. The van der Waals surface area contributed by atoms with E-state index in [9.17, 15) is 0 Å². The van der Waals surface area contributed by atoms with Crippen LogP contribution in [0.15, 0.2) is 97.2 Å². The Morgan fingerprint density at radius 2 is 0.432 bits per heavy atom. The first-order valence-electron chi connectivity index (χ1n) is 14.4. The molecular weight excluding hydrogens is 830 g/mol. The van der Waals surface area contributed by atoms with Crippen LogP contribution in [0.4, 0.5) is 0 Å². The summed E-state index contributed by atoms with van der Waals surface area (Å²) in [6, 6.07) is 0. The Morgan fingerprint density at radius 3 is 0.500 bits per heavy atom. The Bertz CT molecular complexity index is 902. The monoisotopic (exact) mass is 882 g/mol. The molecule has 0 spiro atoms. The van der Waals surface area contributed by atoms with Gasteiger partial charge >= 0.3 is 0 Å². The average molecular weight is 887 g/mol. The van der Waals surface area contributed by atoms with Gasteiger partial charge in [-0.2, -0.15) is 0 Å². The van der Waals surface area contributed by atoms with Crippen molar-refractivity contribution < 1.29 is 77.2 Å². The van der Waals surface area contributed by atoms with Crippen molar-refractivity contribution in [2.75, 3.05) is 0 Å². The van der Waals surface area contributed by atoms with Crippen LogP contribution in [0.1, 0.15) is 0 Å². The first-order valence-corrected chi connectivity index (χ1v) is 35.4. The van der Waals surface area contributed by atoms with Gasteiger partial charge in [0.25, 0.3) is 0 Å². The van der Waals surface area contributed by atoms with E-state index < -0.39 is 45.3 Å². The summed E-state index contributed by atoms with van der Waals surface area (Å²) >= 11 is 0. The summed E-state index contributed by atoms with van der Waals surface area (Å²) in [4.78, 5) is 0. The molecule has 0 aromatic carbocycles. The standard InChI is InChI=1S/C14H36Si6.4C5H5.2ClH.2Zr/c1-17(2,3)15(18(4,5)6)13-14-16(19(7,8)9)20(10,11)12;4*1-2-4-5-3-1;;;;/h1-12H3;4*1-5H;2*1H;;/p-2. The van der Waals surface area contributed by atoms with Gasteiger partial charge in [0, 0.05) is 78.1 Å². The van der Waals surface area contributed by atoms with E-state index in [-0.39, 0.29) is 77.2 Å². The fourth-order valence-corrected chi connectivity index (χ4v) is 72.2. The van der Waals surface area contributed by atoms with Gasteiger partial charge in [0.1, 0.15) is 0 Å². The summed E-state index contributed by atoms with van der Waals surface area (Å²) in [5.74, 6) is 0. The van der Waals surface area contributed by atoms with E-state index in [1.54, 1.807) is 0 Å². The molecule has 0 saturated carbocycles. The predicted octanol–water partition coefficient (Wildman–Crippen LogP) is 3.43. The fraction of sp³-hybridized carbons (Fsp3) is 0.353. The van der Waals surface area contributed by atoms with Gasteiger partial charge in [-0.1, -0.05) is 176 Å². The molecule has 0 aromatic heterocycles. The van der Waals surface area contributed by atoms with E-state index in [4.69, 9.17) is 0 Å². The Morgan fingerprint density at radius 1 is 0.295 bits per heavy atom. The molecular formula is C34H56Cl2Si6Zr2-2. The van der Waals surface area contributed by atoms with Crippen LogP contribution in [0.2, 0.25) is 78.6 Å². The third-order valence-electron chi connectivity index (χ3n) is 5.53. The van der Waals surface area contributed by atoms with Crippen molar-refractivity contribution in [1.82, 2.24) is 0 Å². The first kappa shape index (κ1) is 54.6. The van der Waals surface area contributed by atoms with Gasteiger partial charge in [-0.25, -0.2) is 0 Å². The molecule has 0 unspecified atom stereocenters. The molecule has 0 atom stereocenters. The van der Waals surface area contributed by atoms with E-state index in [0.29, 0.717) is 0 Å². The summed E-state index contributed by atoms with van der Waals surface area (Å²) in [5, 5.41) is 8.01. The largest absolute Gasteiger partial charge is 1.00 e. The van der Waals surface area contributed by atoms with E-state index in [2.05, 4.69) is 89.2 Å². The van der Waals surface area contributed by atoms with Crippen molar-refractivity contribution >= 4 is 55.9 Å². The zero-order chi connectivity index (χ0) is 30.7. The van der Waals surface area contributed by atoms with Gasteiger partial charge in [0.2, 0.25) is 0 Å². The van der Waals surface area contributed by atoms with Gasteiger partial charge in [-0.3, -0.25) is 0 Å². The maximum absolute atomic E-state index is 4.00. The van der Waals surface area contributed by atoms with Gasteiger partial charge in [-0.05, 0) is 0 Å². The number of hydrogen-bond donors (Lipinski definition) is 0. The Kier molecular flexibility index (Phi) is 36.1. The molecule has 0 fully saturated rings. The van der Waals surface area contributed by atoms with Crippen LogP contribution in [0.5, 0.6) is 0 Å². The average Bonchev–Trinajstić information content (AvgIpc) is 3.66. The Balaban J connectivity index is -0.000000170. The van der Waals surface area contributed by atoms with Crippen molar-refractivity contribution in [2.45, 2.75) is 78.6 Å². The molecule has 10 heteroatoms. The summed E-state index contributed by atoms with van der Waals surface area (Å²) in [6.45, 7) is 30.7. The molecule has 0 saturated heterocycles. The van der Waals surface area contributed by atoms with Crippen LogP contribution in [0.3, 0.4) is 0 Å². The molecule has 4 radical (unpaired) electrons. The Labute approximate surface area is 330 Å². The minimum atomic E-state index is -1.07. The molecule has 240 valence electrons. The predicted molar refractivity (Wildman–Crippen MR) is 205 cm³/mol. The van der Waals surface area contributed by atoms with Crippen molar-refractivity contribution in [2.24, 2.45) is 0 Å². The summed E-state index contributed by atoms with van der Waals surface area (Å²) in [5.41, 5.74) is 0. The normalized spacial score (nSPS) is 14.2. The zero-order valence-electron chi connectivity index (χ0n) is 29.3. The third kappa shape index (κ3) is 30.5. The third-order valence-corrected chi connectivity index (χ3v) is 59.0. The van der Waals surface area contributed by atoms with Crippen molar-refractivity contribution in [3.63, 3.8) is 0 Å². The maximum Gasteiger partial charge on any atom is 0.0624 e. The molecule has 4 aliphatic rings. The molecule has 0 aromatic rings. The summed E-state index contributed by atoms with van der Waals surface area (Å²) < 4.78 is 0. The van der Waals surface area contributed by atoms with Gasteiger partial charge in [0.15, 0.2) is 0 Å². The van der Waals surface area contributed by atoms with Gasteiger partial charge in [-0.15, -0.1) is 10.7 Å². The van der Waals surface area contributed by atoms with Crippen molar-refractivity contribution in [1.29, 1.82) is 0 Å². The SMILES string of the molecule is C[Si](C)(C)[Si](=C=C=[Si]([Si](C)(C)C)[Si](C)(C)C)[Si](C)(C)C.[CH]1C=CC=C1.[CH]1C=CC=C1.[CH]1C=CC=C1.[CH]1C=CC=C1.[Cl-].[Cl-].[Zr].[Zr]. The van der Waals surface area contributed by atoms with Crippen molar-refractivity contribution in [3.05, 3.63) is 123 Å². The van der Waals surface area contributed by atoms with Crippen LogP contribution >= 0.6 is 0 Å². The first-order chi connectivity index (χ1) is 18.5. The number of halogens is 2. The topological polar surface area (TPSA) is 0 Å². The van der Waals surface area contributed by atoms with Crippen LogP contribution < -0.4 is 24.8 Å². The van der Waals surface area contributed by atoms with Crippen LogP contribution in [-0.2, 0) is 52.4 Å². The molecule has 0 nitrogen and oxygen atoms in total. The minimum absolute atomic E-state index is 0. The van der Waals surface area contributed by atoms with Crippen LogP contribution in [0.25, 0.3) is 0 Å². The van der Waals surface area contributed by atoms with Gasteiger partial charge < -0.3 is 24.8 Å². The molecule has 4 rings (SSSR count). The maximum atomic E-state index is 4.00. The molecule has 0 bridgehead atoms. The number of allylic oxidation sites excluding steroid dienone is 16. The molecule has 0 heterocycles. The molecule has 0 amide bonds. The fourth-order valence-electron chi connectivity index (χ4n) is 4.41. The van der Waals surface area contributed by atoms with E-state index >= 15 is 0 Å². The number of rotatable bonds is 4.